The van der Waals surface area contributed by atoms with Gasteiger partial charge in [-0.3, -0.25) is 4.79 Å². The van der Waals surface area contributed by atoms with Gasteiger partial charge < -0.3 is 20.3 Å². The number of guanidine groups is 1. The van der Waals surface area contributed by atoms with Crippen LogP contribution in [0.15, 0.2) is 41.4 Å². The lowest BCUT2D eigenvalue weighted by Gasteiger charge is -2.29. The molecule has 1 aromatic rings. The van der Waals surface area contributed by atoms with Gasteiger partial charge >= 0.3 is 5.97 Å². The van der Waals surface area contributed by atoms with Gasteiger partial charge in [-0.2, -0.15) is 0 Å². The van der Waals surface area contributed by atoms with E-state index in [9.17, 15) is 4.79 Å². The summed E-state index contributed by atoms with van der Waals surface area (Å²) < 4.78 is 5.16. The van der Waals surface area contributed by atoms with Crippen molar-refractivity contribution in [2.75, 3.05) is 31.1 Å². The van der Waals surface area contributed by atoms with Gasteiger partial charge in [0.1, 0.15) is 0 Å². The van der Waals surface area contributed by atoms with Crippen LogP contribution in [0.3, 0.4) is 0 Å². The number of esters is 1. The van der Waals surface area contributed by atoms with E-state index in [2.05, 4.69) is 58.9 Å². The zero-order chi connectivity index (χ0) is 20.5. The number of nitrogens with one attached hydrogen (secondary N) is 2. The molecule has 1 aliphatic heterocycles. The molecule has 29 heavy (non-hydrogen) atoms. The summed E-state index contributed by atoms with van der Waals surface area (Å²) in [6.45, 7) is 7.85. The van der Waals surface area contributed by atoms with Crippen molar-refractivity contribution in [2.45, 2.75) is 52.1 Å². The molecule has 0 aromatic heterocycles. The summed E-state index contributed by atoms with van der Waals surface area (Å²) >= 11 is 0. The Labute approximate surface area is 174 Å². The Balaban J connectivity index is 1.50. The quantitative estimate of drug-likeness (QED) is 0.319. The molecule has 1 saturated carbocycles. The fraction of sp³-hybridized carbons (Fsp3) is 0.565. The molecular formula is C23H34N4O2. The highest BCUT2D eigenvalue weighted by Crippen LogP contribution is 2.25. The second-order valence-corrected chi connectivity index (χ2v) is 7.68. The van der Waals surface area contributed by atoms with Crippen molar-refractivity contribution in [3.05, 3.63) is 42.0 Å². The molecule has 1 fully saturated rings. The number of rotatable bonds is 7. The molecule has 6 nitrogen and oxygen atoms in total. The lowest BCUT2D eigenvalue weighted by atomic mass is 9.86. The SMILES string of the molecule is CCNC(=NCc1ccc(N2CC=CC2)cc1)NC1CCC(C(=O)OCC)CC1. The minimum atomic E-state index is -0.0420. The summed E-state index contributed by atoms with van der Waals surface area (Å²) in [5, 5.41) is 6.89. The Morgan fingerprint density at radius 2 is 1.79 bits per heavy atom. The molecule has 0 amide bonds. The number of carbonyl (C=O) groups excluding carboxylic acids is 1. The number of carbonyl (C=O) groups is 1. The number of anilines is 1. The summed E-state index contributed by atoms with van der Waals surface area (Å²) in [6.07, 6.45) is 8.09. The van der Waals surface area contributed by atoms with Crippen LogP contribution in [0, 0.1) is 5.92 Å². The van der Waals surface area contributed by atoms with Crippen molar-refractivity contribution >= 4 is 17.6 Å². The number of nitrogens with zero attached hydrogens (tertiary/aromatic N) is 2. The van der Waals surface area contributed by atoms with Crippen LogP contribution in [-0.2, 0) is 16.1 Å². The van der Waals surface area contributed by atoms with Crippen molar-refractivity contribution in [3.63, 3.8) is 0 Å². The van der Waals surface area contributed by atoms with E-state index < -0.39 is 0 Å². The number of ether oxygens (including phenoxy) is 1. The molecule has 0 bridgehead atoms. The molecule has 1 heterocycles. The van der Waals surface area contributed by atoms with Crippen LogP contribution in [0.1, 0.15) is 45.1 Å². The fourth-order valence-corrected chi connectivity index (χ4v) is 3.92. The maximum Gasteiger partial charge on any atom is 0.308 e. The number of hydrogen-bond donors (Lipinski definition) is 2. The van der Waals surface area contributed by atoms with Crippen LogP contribution in [0.4, 0.5) is 5.69 Å². The van der Waals surface area contributed by atoms with Gasteiger partial charge in [-0.1, -0.05) is 24.3 Å². The molecule has 3 rings (SSSR count). The lowest BCUT2D eigenvalue weighted by molar-refractivity contribution is -0.149. The monoisotopic (exact) mass is 398 g/mol. The molecule has 6 heteroatoms. The summed E-state index contributed by atoms with van der Waals surface area (Å²) in [7, 11) is 0. The molecule has 0 radical (unpaired) electrons. The molecule has 0 unspecified atom stereocenters. The third-order valence-corrected chi connectivity index (χ3v) is 5.57. The molecule has 1 aliphatic carbocycles. The molecule has 1 aromatic carbocycles. The van der Waals surface area contributed by atoms with Crippen LogP contribution in [-0.4, -0.2) is 44.2 Å². The second-order valence-electron chi connectivity index (χ2n) is 7.68. The van der Waals surface area contributed by atoms with E-state index in [4.69, 9.17) is 9.73 Å². The summed E-state index contributed by atoms with van der Waals surface area (Å²) in [5.74, 6) is 0.858. The van der Waals surface area contributed by atoms with E-state index in [1.807, 2.05) is 6.92 Å². The molecule has 0 atom stereocenters. The highest BCUT2D eigenvalue weighted by Gasteiger charge is 2.27. The lowest BCUT2D eigenvalue weighted by Crippen LogP contribution is -2.45. The molecule has 2 aliphatic rings. The minimum Gasteiger partial charge on any atom is -0.466 e. The highest BCUT2D eigenvalue weighted by molar-refractivity contribution is 5.80. The molecular weight excluding hydrogens is 364 g/mol. The fourth-order valence-electron chi connectivity index (χ4n) is 3.92. The second kappa shape index (κ2) is 10.9. The van der Waals surface area contributed by atoms with E-state index in [0.29, 0.717) is 19.2 Å². The Hall–Kier alpha value is -2.50. The normalized spacial score (nSPS) is 21.9. The first kappa shape index (κ1) is 21.2. The predicted molar refractivity (Wildman–Crippen MR) is 118 cm³/mol. The van der Waals surface area contributed by atoms with Gasteiger partial charge in [0.2, 0.25) is 0 Å². The van der Waals surface area contributed by atoms with Crippen molar-refractivity contribution < 1.29 is 9.53 Å². The maximum atomic E-state index is 11.9. The van der Waals surface area contributed by atoms with Gasteiger partial charge in [0.05, 0.1) is 19.1 Å². The van der Waals surface area contributed by atoms with Crippen molar-refractivity contribution in [1.82, 2.24) is 10.6 Å². The van der Waals surface area contributed by atoms with Crippen LogP contribution in [0.25, 0.3) is 0 Å². The first-order valence-corrected chi connectivity index (χ1v) is 10.9. The summed E-state index contributed by atoms with van der Waals surface area (Å²) in [6, 6.07) is 9.02. The van der Waals surface area contributed by atoms with Crippen molar-refractivity contribution in [1.29, 1.82) is 0 Å². The molecule has 158 valence electrons. The van der Waals surface area contributed by atoms with Crippen LogP contribution >= 0.6 is 0 Å². The Bertz CT molecular complexity index is 698. The van der Waals surface area contributed by atoms with Crippen molar-refractivity contribution in [2.24, 2.45) is 10.9 Å². The van der Waals surface area contributed by atoms with Gasteiger partial charge in [0, 0.05) is 31.4 Å². The van der Waals surface area contributed by atoms with E-state index in [1.54, 1.807) is 0 Å². The third-order valence-electron chi connectivity index (χ3n) is 5.57. The van der Waals surface area contributed by atoms with Gasteiger partial charge in [-0.15, -0.1) is 0 Å². The van der Waals surface area contributed by atoms with Crippen LogP contribution in [0.5, 0.6) is 0 Å². The topological polar surface area (TPSA) is 66.0 Å². The summed E-state index contributed by atoms with van der Waals surface area (Å²) in [4.78, 5) is 19.0. The van der Waals surface area contributed by atoms with E-state index >= 15 is 0 Å². The van der Waals surface area contributed by atoms with E-state index in [0.717, 1.165) is 51.3 Å². The van der Waals surface area contributed by atoms with Gasteiger partial charge in [0.25, 0.3) is 0 Å². The van der Waals surface area contributed by atoms with Crippen LogP contribution < -0.4 is 15.5 Å². The van der Waals surface area contributed by atoms with Crippen LogP contribution in [0.2, 0.25) is 0 Å². The molecule has 0 spiro atoms. The predicted octanol–water partition coefficient (Wildman–Crippen LogP) is 3.24. The third kappa shape index (κ3) is 6.24. The average Bonchev–Trinajstić information content (AvgIpc) is 3.28. The largest absolute Gasteiger partial charge is 0.466 e. The summed E-state index contributed by atoms with van der Waals surface area (Å²) in [5.41, 5.74) is 2.45. The van der Waals surface area contributed by atoms with Crippen molar-refractivity contribution in [3.8, 4) is 0 Å². The average molecular weight is 399 g/mol. The van der Waals surface area contributed by atoms with E-state index in [-0.39, 0.29) is 11.9 Å². The Kier molecular flexibility index (Phi) is 7.96. The Morgan fingerprint density at radius 3 is 2.41 bits per heavy atom. The number of aliphatic imine (C=N–C) groups is 1. The Morgan fingerprint density at radius 1 is 1.10 bits per heavy atom. The minimum absolute atomic E-state index is 0.0420. The highest BCUT2D eigenvalue weighted by atomic mass is 16.5. The maximum absolute atomic E-state index is 11.9. The zero-order valence-corrected chi connectivity index (χ0v) is 17.7. The van der Waals surface area contributed by atoms with Gasteiger partial charge in [-0.25, -0.2) is 4.99 Å². The number of benzene rings is 1. The standard InChI is InChI=1S/C23H34N4O2/c1-3-24-23(26-20-11-9-19(10-12-20)22(28)29-4-2)25-17-18-7-13-21(14-8-18)27-15-5-6-16-27/h5-8,13-14,19-20H,3-4,9-12,15-17H2,1-2H3,(H2,24,25,26). The van der Waals surface area contributed by atoms with Gasteiger partial charge in [0.15, 0.2) is 5.96 Å². The zero-order valence-electron chi connectivity index (χ0n) is 17.7. The molecule has 2 N–H and O–H groups in total. The smallest absolute Gasteiger partial charge is 0.308 e. The first-order chi connectivity index (χ1) is 14.2. The first-order valence-electron chi connectivity index (χ1n) is 10.9. The number of hydrogen-bond acceptors (Lipinski definition) is 4. The molecule has 0 saturated heterocycles. The van der Waals surface area contributed by atoms with Gasteiger partial charge in [-0.05, 0) is 57.2 Å². The van der Waals surface area contributed by atoms with E-state index in [1.165, 1.54) is 11.3 Å².